The zero-order valence-electron chi connectivity index (χ0n) is 10.1. The zero-order chi connectivity index (χ0) is 12.2. The van der Waals surface area contributed by atoms with Gasteiger partial charge in [0.1, 0.15) is 5.37 Å². The Morgan fingerprint density at radius 3 is 2.81 bits per heavy atom. The molecule has 96 valence electrons. The van der Waals surface area contributed by atoms with E-state index in [-0.39, 0.29) is 11.4 Å². The molecule has 2 atom stereocenters. The Labute approximate surface area is 103 Å². The molecular formula is C10H22N2O2S2. The highest BCUT2D eigenvalue weighted by molar-refractivity contribution is 8.00. The lowest BCUT2D eigenvalue weighted by Gasteiger charge is -2.34. The van der Waals surface area contributed by atoms with Crippen molar-refractivity contribution in [2.75, 3.05) is 30.9 Å². The SMILES string of the molecule is CC(N)CCCN1CCSCC1S(C)(=O)=O. The standard InChI is InChI=1S/C10H22N2O2S2/c1-9(11)4-3-5-12-6-7-15-8-10(12)16(2,13)14/h9-10H,3-8,11H2,1-2H3. The highest BCUT2D eigenvalue weighted by atomic mass is 32.2. The molecule has 16 heavy (non-hydrogen) atoms. The van der Waals surface area contributed by atoms with E-state index in [1.54, 1.807) is 11.8 Å². The molecule has 0 spiro atoms. The highest BCUT2D eigenvalue weighted by Gasteiger charge is 2.30. The molecule has 1 fully saturated rings. The van der Waals surface area contributed by atoms with Gasteiger partial charge in [0.2, 0.25) is 0 Å². The van der Waals surface area contributed by atoms with E-state index in [1.165, 1.54) is 6.26 Å². The van der Waals surface area contributed by atoms with Gasteiger partial charge < -0.3 is 5.73 Å². The maximum Gasteiger partial charge on any atom is 0.164 e. The number of hydrogen-bond donors (Lipinski definition) is 1. The first kappa shape index (κ1) is 14.3. The Morgan fingerprint density at radius 2 is 2.25 bits per heavy atom. The van der Waals surface area contributed by atoms with Gasteiger partial charge in [-0.25, -0.2) is 8.42 Å². The molecule has 2 N–H and O–H groups in total. The largest absolute Gasteiger partial charge is 0.328 e. The first-order valence-corrected chi connectivity index (χ1v) is 8.78. The summed E-state index contributed by atoms with van der Waals surface area (Å²) in [5.41, 5.74) is 5.69. The van der Waals surface area contributed by atoms with Crippen molar-refractivity contribution in [3.63, 3.8) is 0 Å². The number of sulfone groups is 1. The van der Waals surface area contributed by atoms with Gasteiger partial charge in [0.05, 0.1) is 0 Å². The minimum absolute atomic E-state index is 0.204. The Kier molecular flexibility index (Phi) is 5.56. The first-order chi connectivity index (χ1) is 7.41. The normalized spacial score (nSPS) is 25.6. The molecule has 0 saturated carbocycles. The van der Waals surface area contributed by atoms with Crippen molar-refractivity contribution in [2.45, 2.75) is 31.2 Å². The molecule has 1 rings (SSSR count). The fourth-order valence-corrected chi connectivity index (χ4v) is 4.85. The minimum atomic E-state index is -2.95. The van der Waals surface area contributed by atoms with Crippen molar-refractivity contribution in [1.82, 2.24) is 4.90 Å². The van der Waals surface area contributed by atoms with Crippen LogP contribution < -0.4 is 5.73 Å². The Bertz CT molecular complexity index is 304. The number of hydrogen-bond acceptors (Lipinski definition) is 5. The Balaban J connectivity index is 2.48. The van der Waals surface area contributed by atoms with Crippen molar-refractivity contribution in [3.8, 4) is 0 Å². The van der Waals surface area contributed by atoms with Crippen LogP contribution in [0.15, 0.2) is 0 Å². The molecule has 1 heterocycles. The molecule has 0 aromatic heterocycles. The van der Waals surface area contributed by atoms with E-state index in [0.717, 1.165) is 31.7 Å². The third kappa shape index (κ3) is 4.61. The van der Waals surface area contributed by atoms with Gasteiger partial charge in [-0.1, -0.05) is 0 Å². The third-order valence-electron chi connectivity index (χ3n) is 2.79. The fraction of sp³-hybridized carbons (Fsp3) is 1.00. The molecule has 1 aliphatic rings. The molecule has 6 heteroatoms. The topological polar surface area (TPSA) is 63.4 Å². The van der Waals surface area contributed by atoms with Crippen LogP contribution in [0.5, 0.6) is 0 Å². The molecule has 1 saturated heterocycles. The van der Waals surface area contributed by atoms with E-state index in [2.05, 4.69) is 4.90 Å². The van der Waals surface area contributed by atoms with Gasteiger partial charge >= 0.3 is 0 Å². The van der Waals surface area contributed by atoms with Crippen LogP contribution in [0, 0.1) is 0 Å². The van der Waals surface area contributed by atoms with Crippen LogP contribution in [-0.4, -0.2) is 55.6 Å². The van der Waals surface area contributed by atoms with E-state index in [0.29, 0.717) is 5.75 Å². The van der Waals surface area contributed by atoms with Crippen LogP contribution in [0.1, 0.15) is 19.8 Å². The summed E-state index contributed by atoms with van der Waals surface area (Å²) >= 11 is 1.73. The van der Waals surface area contributed by atoms with Crippen LogP contribution in [0.2, 0.25) is 0 Å². The van der Waals surface area contributed by atoms with Crippen molar-refractivity contribution < 1.29 is 8.42 Å². The zero-order valence-corrected chi connectivity index (χ0v) is 11.7. The maximum atomic E-state index is 11.6. The van der Waals surface area contributed by atoms with Crippen LogP contribution >= 0.6 is 11.8 Å². The van der Waals surface area contributed by atoms with Crippen molar-refractivity contribution >= 4 is 21.6 Å². The van der Waals surface area contributed by atoms with Crippen LogP contribution in [0.3, 0.4) is 0 Å². The average molecular weight is 266 g/mol. The predicted molar refractivity (Wildman–Crippen MR) is 70.4 cm³/mol. The van der Waals surface area contributed by atoms with Gasteiger partial charge in [0, 0.05) is 30.3 Å². The molecule has 2 unspecified atom stereocenters. The molecule has 0 bridgehead atoms. The smallest absolute Gasteiger partial charge is 0.164 e. The van der Waals surface area contributed by atoms with Crippen molar-refractivity contribution in [1.29, 1.82) is 0 Å². The van der Waals surface area contributed by atoms with Crippen molar-refractivity contribution in [2.24, 2.45) is 5.73 Å². The first-order valence-electron chi connectivity index (χ1n) is 5.67. The summed E-state index contributed by atoms with van der Waals surface area (Å²) in [7, 11) is -2.95. The summed E-state index contributed by atoms with van der Waals surface area (Å²) in [6.45, 7) is 3.71. The van der Waals surface area contributed by atoms with Gasteiger partial charge in [-0.3, -0.25) is 4.90 Å². The fourth-order valence-electron chi connectivity index (χ4n) is 1.88. The van der Waals surface area contributed by atoms with Gasteiger partial charge in [0.15, 0.2) is 9.84 Å². The van der Waals surface area contributed by atoms with E-state index in [9.17, 15) is 8.42 Å². The van der Waals surface area contributed by atoms with E-state index < -0.39 is 9.84 Å². The molecule has 0 aromatic carbocycles. The quantitative estimate of drug-likeness (QED) is 0.786. The average Bonchev–Trinajstić information content (AvgIpc) is 2.16. The van der Waals surface area contributed by atoms with Gasteiger partial charge in [0.25, 0.3) is 0 Å². The molecular weight excluding hydrogens is 244 g/mol. The second kappa shape index (κ2) is 6.23. The lowest BCUT2D eigenvalue weighted by molar-refractivity contribution is 0.263. The van der Waals surface area contributed by atoms with Gasteiger partial charge in [-0.05, 0) is 26.3 Å². The summed E-state index contributed by atoms with van der Waals surface area (Å²) in [5, 5.41) is -0.292. The number of nitrogens with two attached hydrogens (primary N) is 1. The summed E-state index contributed by atoms with van der Waals surface area (Å²) in [6, 6.07) is 0.204. The third-order valence-corrected chi connectivity index (χ3v) is 5.48. The number of rotatable bonds is 5. The number of thioether (sulfide) groups is 1. The number of nitrogens with zero attached hydrogens (tertiary/aromatic N) is 1. The van der Waals surface area contributed by atoms with Crippen LogP contribution in [0.4, 0.5) is 0 Å². The lowest BCUT2D eigenvalue weighted by Crippen LogP contribution is -2.47. The minimum Gasteiger partial charge on any atom is -0.328 e. The molecule has 0 radical (unpaired) electrons. The second-order valence-electron chi connectivity index (χ2n) is 4.51. The van der Waals surface area contributed by atoms with Crippen molar-refractivity contribution in [3.05, 3.63) is 0 Å². The van der Waals surface area contributed by atoms with Crippen LogP contribution in [-0.2, 0) is 9.84 Å². The van der Waals surface area contributed by atoms with Crippen LogP contribution in [0.25, 0.3) is 0 Å². The monoisotopic (exact) mass is 266 g/mol. The summed E-state index contributed by atoms with van der Waals surface area (Å²) in [5.74, 6) is 1.74. The highest BCUT2D eigenvalue weighted by Crippen LogP contribution is 2.20. The summed E-state index contributed by atoms with van der Waals surface area (Å²) in [6.07, 6.45) is 3.27. The van der Waals surface area contributed by atoms with E-state index in [1.807, 2.05) is 6.92 Å². The molecule has 0 aliphatic carbocycles. The molecule has 4 nitrogen and oxygen atoms in total. The second-order valence-corrected chi connectivity index (χ2v) is 7.87. The Morgan fingerprint density at radius 1 is 1.56 bits per heavy atom. The summed E-state index contributed by atoms with van der Waals surface area (Å²) in [4.78, 5) is 2.09. The van der Waals surface area contributed by atoms with Gasteiger partial charge in [-0.15, -0.1) is 0 Å². The molecule has 0 aromatic rings. The maximum absolute atomic E-state index is 11.6. The Hall–Kier alpha value is 0.220. The molecule has 0 amide bonds. The summed E-state index contributed by atoms with van der Waals surface area (Å²) < 4.78 is 23.2. The lowest BCUT2D eigenvalue weighted by atomic mass is 10.2. The predicted octanol–water partition coefficient (Wildman–Crippen LogP) is 0.533. The van der Waals surface area contributed by atoms with Gasteiger partial charge in [-0.2, -0.15) is 11.8 Å². The van der Waals surface area contributed by atoms with E-state index >= 15 is 0 Å². The van der Waals surface area contributed by atoms with E-state index in [4.69, 9.17) is 5.73 Å². The molecule has 1 aliphatic heterocycles.